The van der Waals surface area contributed by atoms with E-state index in [-0.39, 0.29) is 18.3 Å². The number of rotatable bonds is 7. The lowest BCUT2D eigenvalue weighted by Crippen LogP contribution is -2.35. The smallest absolute Gasteiger partial charge is 0.236 e. The predicted octanol–water partition coefficient (Wildman–Crippen LogP) is 2.17. The van der Waals surface area contributed by atoms with Crippen LogP contribution >= 0.6 is 0 Å². The fourth-order valence-corrected chi connectivity index (χ4v) is 1.60. The third-order valence-electron chi connectivity index (χ3n) is 2.82. The van der Waals surface area contributed by atoms with Gasteiger partial charge in [-0.1, -0.05) is 31.5 Å². The molecule has 0 bridgehead atoms. The molecule has 0 atom stereocenters. The van der Waals surface area contributed by atoms with E-state index >= 15 is 0 Å². The van der Waals surface area contributed by atoms with Gasteiger partial charge < -0.3 is 10.2 Å². The van der Waals surface area contributed by atoms with Crippen molar-refractivity contribution in [1.82, 2.24) is 10.2 Å². The lowest BCUT2D eigenvalue weighted by molar-refractivity contribution is -0.129. The third-order valence-corrected chi connectivity index (χ3v) is 2.82. The summed E-state index contributed by atoms with van der Waals surface area (Å²) in [6.45, 7) is 3.49. The number of hydrogen-bond acceptors (Lipinski definition) is 2. The Kier molecular flexibility index (Phi) is 6.36. The average Bonchev–Trinajstić information content (AvgIpc) is 2.38. The monoisotopic (exact) mass is 252 g/mol. The second-order valence-electron chi connectivity index (χ2n) is 4.36. The molecule has 0 heterocycles. The molecule has 0 aliphatic heterocycles. The van der Waals surface area contributed by atoms with Gasteiger partial charge in [-0.2, -0.15) is 0 Å². The first kappa shape index (κ1) is 14.6. The van der Waals surface area contributed by atoms with E-state index in [1.54, 1.807) is 30.1 Å². The molecule has 0 aromatic heterocycles. The molecule has 0 spiro atoms. The molecule has 1 aromatic rings. The summed E-state index contributed by atoms with van der Waals surface area (Å²) in [6, 6.07) is 6.58. The van der Waals surface area contributed by atoms with Crippen molar-refractivity contribution in [2.45, 2.75) is 26.3 Å². The van der Waals surface area contributed by atoms with Gasteiger partial charge in [-0.15, -0.1) is 0 Å². The van der Waals surface area contributed by atoms with E-state index < -0.39 is 0 Å². The average molecular weight is 252 g/mol. The molecule has 1 N–H and O–H groups in total. The van der Waals surface area contributed by atoms with Gasteiger partial charge in [0.05, 0.1) is 6.54 Å². The van der Waals surface area contributed by atoms with Gasteiger partial charge in [0.2, 0.25) is 5.91 Å². The lowest BCUT2D eigenvalue weighted by Gasteiger charge is -2.17. The zero-order valence-electron chi connectivity index (χ0n) is 11.1. The zero-order valence-corrected chi connectivity index (χ0v) is 11.1. The van der Waals surface area contributed by atoms with E-state index in [4.69, 9.17) is 0 Å². The largest absolute Gasteiger partial charge is 0.345 e. The van der Waals surface area contributed by atoms with Crippen LogP contribution in [-0.4, -0.2) is 30.9 Å². The quantitative estimate of drug-likeness (QED) is 0.806. The van der Waals surface area contributed by atoms with Crippen LogP contribution in [0.25, 0.3) is 0 Å². The van der Waals surface area contributed by atoms with Gasteiger partial charge in [-0.05, 0) is 12.5 Å². The van der Waals surface area contributed by atoms with Crippen molar-refractivity contribution in [3.63, 3.8) is 0 Å². The molecule has 0 aliphatic carbocycles. The minimum absolute atomic E-state index is 0.0415. The van der Waals surface area contributed by atoms with E-state index in [1.807, 2.05) is 0 Å². The lowest BCUT2D eigenvalue weighted by atomic mass is 10.2. The highest BCUT2D eigenvalue weighted by Gasteiger charge is 2.07. The van der Waals surface area contributed by atoms with Gasteiger partial charge in [0.1, 0.15) is 5.82 Å². The van der Waals surface area contributed by atoms with Gasteiger partial charge in [-0.3, -0.25) is 4.79 Å². The summed E-state index contributed by atoms with van der Waals surface area (Å²) in [5.41, 5.74) is 0.585. The van der Waals surface area contributed by atoms with Crippen LogP contribution in [-0.2, 0) is 11.3 Å². The normalized spacial score (nSPS) is 10.4. The van der Waals surface area contributed by atoms with Crippen LogP contribution in [0.1, 0.15) is 25.3 Å². The molecule has 0 saturated heterocycles. The number of amides is 1. The number of benzene rings is 1. The molecule has 0 fully saturated rings. The Morgan fingerprint density at radius 3 is 2.78 bits per heavy atom. The SMILES string of the molecule is CCCCN(C)C(=O)CNCc1ccccc1F. The Labute approximate surface area is 108 Å². The molecule has 0 radical (unpaired) electrons. The van der Waals surface area contributed by atoms with Crippen molar-refractivity contribution >= 4 is 5.91 Å². The van der Waals surface area contributed by atoms with Gasteiger partial charge >= 0.3 is 0 Å². The Hall–Kier alpha value is -1.42. The molecular weight excluding hydrogens is 231 g/mol. The maximum Gasteiger partial charge on any atom is 0.236 e. The van der Waals surface area contributed by atoms with E-state index in [9.17, 15) is 9.18 Å². The van der Waals surface area contributed by atoms with Crippen LogP contribution in [0, 0.1) is 5.82 Å². The molecule has 3 nitrogen and oxygen atoms in total. The molecule has 0 saturated carbocycles. The van der Waals surface area contributed by atoms with Crippen molar-refractivity contribution in [3.05, 3.63) is 35.6 Å². The van der Waals surface area contributed by atoms with Crippen molar-refractivity contribution in [1.29, 1.82) is 0 Å². The van der Waals surface area contributed by atoms with Crippen LogP contribution in [0.2, 0.25) is 0 Å². The van der Waals surface area contributed by atoms with E-state index in [0.29, 0.717) is 12.1 Å². The number of halogens is 1. The zero-order chi connectivity index (χ0) is 13.4. The Morgan fingerprint density at radius 2 is 2.11 bits per heavy atom. The van der Waals surface area contributed by atoms with Crippen LogP contribution in [0.4, 0.5) is 4.39 Å². The number of unbranched alkanes of at least 4 members (excludes halogenated alkanes) is 1. The highest BCUT2D eigenvalue weighted by molar-refractivity contribution is 5.77. The molecule has 18 heavy (non-hydrogen) atoms. The number of carbonyl (C=O) groups is 1. The summed E-state index contributed by atoms with van der Waals surface area (Å²) < 4.78 is 13.3. The predicted molar refractivity (Wildman–Crippen MR) is 70.7 cm³/mol. The fourth-order valence-electron chi connectivity index (χ4n) is 1.60. The van der Waals surface area contributed by atoms with Gasteiger partial charge in [0.25, 0.3) is 0 Å². The molecule has 1 amide bonds. The number of hydrogen-bond donors (Lipinski definition) is 1. The number of carbonyl (C=O) groups excluding carboxylic acids is 1. The minimum atomic E-state index is -0.239. The summed E-state index contributed by atoms with van der Waals surface area (Å²) in [7, 11) is 1.79. The third kappa shape index (κ3) is 4.84. The van der Waals surface area contributed by atoms with Crippen LogP contribution in [0.15, 0.2) is 24.3 Å². The maximum absolute atomic E-state index is 13.3. The molecule has 4 heteroatoms. The summed E-state index contributed by atoms with van der Waals surface area (Å²) in [4.78, 5) is 13.4. The first-order valence-electron chi connectivity index (χ1n) is 6.33. The first-order chi connectivity index (χ1) is 8.65. The summed E-state index contributed by atoms with van der Waals surface area (Å²) >= 11 is 0. The summed E-state index contributed by atoms with van der Waals surface area (Å²) in [5.74, 6) is -0.198. The van der Waals surface area contributed by atoms with E-state index in [0.717, 1.165) is 19.4 Å². The van der Waals surface area contributed by atoms with Crippen molar-refractivity contribution in [2.75, 3.05) is 20.1 Å². The molecule has 100 valence electrons. The summed E-state index contributed by atoms with van der Waals surface area (Å²) in [5, 5.41) is 2.97. The number of nitrogens with zero attached hydrogens (tertiary/aromatic N) is 1. The second kappa shape index (κ2) is 7.82. The number of likely N-dealkylation sites (N-methyl/N-ethyl adjacent to an activating group) is 1. The highest BCUT2D eigenvalue weighted by Crippen LogP contribution is 2.05. The Balaban J connectivity index is 2.29. The highest BCUT2D eigenvalue weighted by atomic mass is 19.1. The van der Waals surface area contributed by atoms with Crippen LogP contribution in [0.5, 0.6) is 0 Å². The molecule has 1 rings (SSSR count). The van der Waals surface area contributed by atoms with Crippen LogP contribution < -0.4 is 5.32 Å². The van der Waals surface area contributed by atoms with Crippen molar-refractivity contribution in [3.8, 4) is 0 Å². The number of nitrogens with one attached hydrogen (secondary N) is 1. The Bertz CT molecular complexity index is 382. The topological polar surface area (TPSA) is 32.3 Å². The minimum Gasteiger partial charge on any atom is -0.345 e. The first-order valence-corrected chi connectivity index (χ1v) is 6.33. The molecule has 1 aromatic carbocycles. The second-order valence-corrected chi connectivity index (χ2v) is 4.36. The van der Waals surface area contributed by atoms with Gasteiger partial charge in [-0.25, -0.2) is 4.39 Å². The van der Waals surface area contributed by atoms with Crippen molar-refractivity contribution in [2.24, 2.45) is 0 Å². The van der Waals surface area contributed by atoms with E-state index in [1.165, 1.54) is 6.07 Å². The van der Waals surface area contributed by atoms with Crippen molar-refractivity contribution < 1.29 is 9.18 Å². The maximum atomic E-state index is 13.3. The fraction of sp³-hybridized carbons (Fsp3) is 0.500. The molecule has 0 aliphatic rings. The van der Waals surface area contributed by atoms with Gasteiger partial charge in [0, 0.05) is 25.7 Å². The standard InChI is InChI=1S/C14H21FN2O/c1-3-4-9-17(2)14(18)11-16-10-12-7-5-6-8-13(12)15/h5-8,16H,3-4,9-11H2,1-2H3. The molecule has 0 unspecified atom stereocenters. The summed E-state index contributed by atoms with van der Waals surface area (Å²) in [6.07, 6.45) is 2.08. The Morgan fingerprint density at radius 1 is 1.39 bits per heavy atom. The molecular formula is C14H21FN2O. The van der Waals surface area contributed by atoms with E-state index in [2.05, 4.69) is 12.2 Å². The van der Waals surface area contributed by atoms with Gasteiger partial charge in [0.15, 0.2) is 0 Å². The van der Waals surface area contributed by atoms with Crippen LogP contribution in [0.3, 0.4) is 0 Å².